The van der Waals surface area contributed by atoms with Crippen LogP contribution in [0.5, 0.6) is 0 Å². The number of hydrogen-bond donors (Lipinski definition) is 1. The Kier molecular flexibility index (Phi) is 5.94. The lowest BCUT2D eigenvalue weighted by molar-refractivity contribution is -0.118. The van der Waals surface area contributed by atoms with E-state index < -0.39 is 28.9 Å². The van der Waals surface area contributed by atoms with Gasteiger partial charge in [0.25, 0.3) is 11.7 Å². The second-order valence-electron chi connectivity index (χ2n) is 7.40. The van der Waals surface area contributed by atoms with E-state index in [1.807, 2.05) is 0 Å². The zero-order chi connectivity index (χ0) is 20.5. The largest absolute Gasteiger partial charge is 0.345 e. The van der Waals surface area contributed by atoms with Crippen LogP contribution in [0.4, 0.5) is 8.78 Å². The lowest BCUT2D eigenvalue weighted by Gasteiger charge is -2.19. The van der Waals surface area contributed by atoms with Crippen molar-refractivity contribution in [3.05, 3.63) is 56.3 Å². The van der Waals surface area contributed by atoms with Crippen LogP contribution < -0.4 is 5.32 Å². The number of halogens is 2. The van der Waals surface area contributed by atoms with Crippen LogP contribution in [0.25, 0.3) is 0 Å². The Morgan fingerprint density at radius 3 is 2.11 bits per heavy atom. The van der Waals surface area contributed by atoms with Crippen LogP contribution in [-0.2, 0) is 11.2 Å². The number of benzene rings is 1. The van der Waals surface area contributed by atoms with E-state index in [1.54, 1.807) is 27.7 Å². The number of aryl methyl sites for hydroxylation is 1. The number of rotatable bonds is 5. The summed E-state index contributed by atoms with van der Waals surface area (Å²) in [7, 11) is 0. The van der Waals surface area contributed by atoms with Crippen molar-refractivity contribution in [2.75, 3.05) is 0 Å². The molecule has 0 unspecified atom stereocenters. The summed E-state index contributed by atoms with van der Waals surface area (Å²) >= 11 is 1.05. The van der Waals surface area contributed by atoms with E-state index >= 15 is 0 Å². The smallest absolute Gasteiger partial charge is 0.293 e. The molecule has 1 aromatic heterocycles. The Labute approximate surface area is 160 Å². The van der Waals surface area contributed by atoms with Crippen molar-refractivity contribution in [2.45, 2.75) is 46.6 Å². The minimum atomic E-state index is -0.745. The molecule has 144 valence electrons. The number of nitrogens with one attached hydrogen (secondary N) is 1. The van der Waals surface area contributed by atoms with E-state index in [0.29, 0.717) is 4.88 Å². The summed E-state index contributed by atoms with van der Waals surface area (Å²) in [4.78, 5) is 37.6. The van der Waals surface area contributed by atoms with Gasteiger partial charge in [-0.15, -0.1) is 11.3 Å². The van der Waals surface area contributed by atoms with Crippen LogP contribution in [0, 0.1) is 25.5 Å². The molecule has 0 saturated heterocycles. The van der Waals surface area contributed by atoms with E-state index in [0.717, 1.165) is 23.5 Å². The lowest BCUT2D eigenvalue weighted by Crippen LogP contribution is -2.44. The number of hydrogen-bond acceptors (Lipinski definition) is 4. The summed E-state index contributed by atoms with van der Waals surface area (Å²) in [5, 5.41) is 2.58. The van der Waals surface area contributed by atoms with Crippen molar-refractivity contribution in [1.29, 1.82) is 0 Å². The molecule has 1 aromatic carbocycles. The monoisotopic (exact) mass is 393 g/mol. The van der Waals surface area contributed by atoms with Crippen molar-refractivity contribution < 1.29 is 23.2 Å². The van der Waals surface area contributed by atoms with E-state index in [4.69, 9.17) is 0 Å². The molecule has 1 amide bonds. The standard InChI is InChI=1S/C20H21F2NO3S/c1-10-14(21)6-12(7-15(10)22)8-16(24)13-9-17(27-11(13)2)18(25)19(26)23-20(3,4)5/h6-7,9H,8H2,1-5H3,(H,23,26). The Morgan fingerprint density at radius 1 is 1.04 bits per heavy atom. The van der Waals surface area contributed by atoms with Crippen LogP contribution in [0.3, 0.4) is 0 Å². The van der Waals surface area contributed by atoms with Gasteiger partial charge < -0.3 is 5.32 Å². The zero-order valence-electron chi connectivity index (χ0n) is 15.8. The summed E-state index contributed by atoms with van der Waals surface area (Å²) in [5.74, 6) is -3.26. The van der Waals surface area contributed by atoms with E-state index in [2.05, 4.69) is 5.32 Å². The Morgan fingerprint density at radius 2 is 1.59 bits per heavy atom. The minimum absolute atomic E-state index is 0.101. The molecule has 2 rings (SSSR count). The van der Waals surface area contributed by atoms with Crippen LogP contribution in [0.2, 0.25) is 0 Å². The van der Waals surface area contributed by atoms with Gasteiger partial charge >= 0.3 is 0 Å². The van der Waals surface area contributed by atoms with Crippen molar-refractivity contribution in [3.63, 3.8) is 0 Å². The fraction of sp³-hybridized carbons (Fsp3) is 0.350. The van der Waals surface area contributed by atoms with Gasteiger partial charge in [-0.05, 0) is 58.4 Å². The summed E-state index contributed by atoms with van der Waals surface area (Å²) in [5.41, 5.74) is -0.175. The molecule has 0 bridgehead atoms. The van der Waals surface area contributed by atoms with Gasteiger partial charge in [0.15, 0.2) is 5.78 Å². The van der Waals surface area contributed by atoms with E-state index in [9.17, 15) is 23.2 Å². The molecule has 1 heterocycles. The minimum Gasteiger partial charge on any atom is -0.345 e. The quantitative estimate of drug-likeness (QED) is 0.613. The van der Waals surface area contributed by atoms with Crippen LogP contribution in [0.15, 0.2) is 18.2 Å². The fourth-order valence-corrected chi connectivity index (χ4v) is 3.44. The first-order chi connectivity index (χ1) is 12.4. The molecule has 1 N–H and O–H groups in total. The van der Waals surface area contributed by atoms with Crippen molar-refractivity contribution in [1.82, 2.24) is 5.32 Å². The van der Waals surface area contributed by atoms with Crippen LogP contribution in [-0.4, -0.2) is 23.0 Å². The maximum Gasteiger partial charge on any atom is 0.293 e. The maximum atomic E-state index is 13.7. The number of carbonyl (C=O) groups is 3. The van der Waals surface area contributed by atoms with Gasteiger partial charge in [-0.3, -0.25) is 14.4 Å². The normalized spacial score (nSPS) is 11.4. The van der Waals surface area contributed by atoms with E-state index in [-0.39, 0.29) is 33.8 Å². The number of carbonyl (C=O) groups excluding carboxylic acids is 3. The highest BCUT2D eigenvalue weighted by molar-refractivity contribution is 7.15. The molecule has 0 aliphatic carbocycles. The molecule has 0 aliphatic rings. The third-order valence-corrected chi connectivity index (χ3v) is 4.89. The van der Waals surface area contributed by atoms with Crippen LogP contribution in [0.1, 0.15) is 56.8 Å². The first kappa shape index (κ1) is 20.9. The van der Waals surface area contributed by atoms with Gasteiger partial charge in [-0.2, -0.15) is 0 Å². The summed E-state index contributed by atoms with van der Waals surface area (Å²) in [6, 6.07) is 3.62. The molecular weight excluding hydrogens is 372 g/mol. The summed E-state index contributed by atoms with van der Waals surface area (Å²) in [6.07, 6.45) is -0.201. The molecular formula is C20H21F2NO3S. The predicted molar refractivity (Wildman–Crippen MR) is 100 cm³/mol. The molecule has 0 spiro atoms. The lowest BCUT2D eigenvalue weighted by atomic mass is 10.0. The third kappa shape index (κ3) is 5.07. The average molecular weight is 393 g/mol. The Balaban J connectivity index is 2.22. The first-order valence-electron chi connectivity index (χ1n) is 8.34. The van der Waals surface area contributed by atoms with Gasteiger partial charge in [0, 0.05) is 28.0 Å². The second kappa shape index (κ2) is 7.68. The molecule has 27 heavy (non-hydrogen) atoms. The first-order valence-corrected chi connectivity index (χ1v) is 9.15. The Hall–Kier alpha value is -2.41. The number of Topliss-reactive ketones (excluding diaryl/α,β-unsaturated/α-hetero) is 2. The second-order valence-corrected chi connectivity index (χ2v) is 8.65. The summed E-state index contributed by atoms with van der Waals surface area (Å²) in [6.45, 7) is 8.25. The predicted octanol–water partition coefficient (Wildman–Crippen LogP) is 4.17. The number of ketones is 2. The van der Waals surface area contributed by atoms with Crippen LogP contribution >= 0.6 is 11.3 Å². The maximum absolute atomic E-state index is 13.7. The van der Waals surface area contributed by atoms with Gasteiger partial charge in [0.05, 0.1) is 4.88 Å². The average Bonchev–Trinajstić information content (AvgIpc) is 2.92. The highest BCUT2D eigenvalue weighted by Crippen LogP contribution is 2.24. The SMILES string of the molecule is Cc1sc(C(=O)C(=O)NC(C)(C)C)cc1C(=O)Cc1cc(F)c(C)c(F)c1. The van der Waals surface area contributed by atoms with Crippen molar-refractivity contribution in [3.8, 4) is 0 Å². The molecule has 0 saturated carbocycles. The van der Waals surface area contributed by atoms with Crippen molar-refractivity contribution in [2.24, 2.45) is 0 Å². The highest BCUT2D eigenvalue weighted by Gasteiger charge is 2.25. The highest BCUT2D eigenvalue weighted by atomic mass is 32.1. The van der Waals surface area contributed by atoms with E-state index in [1.165, 1.54) is 13.0 Å². The summed E-state index contributed by atoms with van der Waals surface area (Å²) < 4.78 is 27.3. The topological polar surface area (TPSA) is 63.2 Å². The van der Waals surface area contributed by atoms with Gasteiger partial charge in [0.1, 0.15) is 11.6 Å². The molecule has 2 aromatic rings. The Bertz CT molecular complexity index is 903. The number of thiophene rings is 1. The van der Waals surface area contributed by atoms with Crippen molar-refractivity contribution >= 4 is 28.8 Å². The zero-order valence-corrected chi connectivity index (χ0v) is 16.6. The van der Waals surface area contributed by atoms with Gasteiger partial charge in [-0.1, -0.05) is 0 Å². The molecule has 0 fully saturated rings. The third-order valence-electron chi connectivity index (χ3n) is 3.84. The number of amides is 1. The molecule has 0 aliphatic heterocycles. The molecule has 7 heteroatoms. The molecule has 0 radical (unpaired) electrons. The van der Waals surface area contributed by atoms with Gasteiger partial charge in [0.2, 0.25) is 0 Å². The van der Waals surface area contributed by atoms with Gasteiger partial charge in [-0.25, -0.2) is 8.78 Å². The fourth-order valence-electron chi connectivity index (χ4n) is 2.46. The molecule has 4 nitrogen and oxygen atoms in total. The molecule has 0 atom stereocenters.